The molecule has 0 saturated carbocycles. The molecule has 0 saturated heterocycles. The van der Waals surface area contributed by atoms with E-state index >= 15 is 0 Å². The minimum atomic E-state index is -0.480. The van der Waals surface area contributed by atoms with Gasteiger partial charge >= 0.3 is 0 Å². The topological polar surface area (TPSA) is 96.9 Å². The van der Waals surface area contributed by atoms with E-state index in [1.165, 1.54) is 41.9 Å². The second-order valence-corrected chi connectivity index (χ2v) is 6.93. The van der Waals surface area contributed by atoms with Gasteiger partial charge in [-0.25, -0.2) is 14.4 Å². The van der Waals surface area contributed by atoms with Gasteiger partial charge < -0.3 is 10.6 Å². The number of nitrogens with zero attached hydrogens (tertiary/aromatic N) is 3. The van der Waals surface area contributed by atoms with Gasteiger partial charge in [0.15, 0.2) is 0 Å². The van der Waals surface area contributed by atoms with Gasteiger partial charge in [0.25, 0.3) is 11.8 Å². The fourth-order valence-corrected chi connectivity index (χ4v) is 2.95. The highest BCUT2D eigenvalue weighted by Gasteiger charge is 2.10. The quantitative estimate of drug-likeness (QED) is 0.678. The molecule has 0 aliphatic heterocycles. The highest BCUT2D eigenvalue weighted by Crippen LogP contribution is 2.11. The number of halogens is 1. The molecule has 3 rings (SSSR count). The van der Waals surface area contributed by atoms with E-state index in [-0.39, 0.29) is 23.7 Å². The average molecular weight is 385 g/mol. The van der Waals surface area contributed by atoms with Gasteiger partial charge in [0.1, 0.15) is 11.5 Å². The molecule has 0 atom stereocenters. The third-order valence-corrected chi connectivity index (χ3v) is 4.46. The van der Waals surface area contributed by atoms with Crippen molar-refractivity contribution in [2.45, 2.75) is 20.0 Å². The average Bonchev–Trinajstić information content (AvgIpc) is 3.10. The summed E-state index contributed by atoms with van der Waals surface area (Å²) in [6.45, 7) is 2.38. The molecule has 0 radical (unpaired) electrons. The Kier molecular flexibility index (Phi) is 5.82. The molecule has 0 bridgehead atoms. The molecule has 9 heteroatoms. The lowest BCUT2D eigenvalue weighted by Crippen LogP contribution is -2.25. The number of carbonyl (C=O) groups excluding carboxylic acids is 2. The van der Waals surface area contributed by atoms with Crippen LogP contribution in [0.25, 0.3) is 0 Å². The van der Waals surface area contributed by atoms with E-state index in [0.717, 1.165) is 16.0 Å². The summed E-state index contributed by atoms with van der Waals surface area (Å²) in [6, 6.07) is 5.40. The fraction of sp³-hybridized carbons (Fsp3) is 0.167. The number of aromatic nitrogens is 3. The first-order valence-corrected chi connectivity index (χ1v) is 8.87. The number of aryl methyl sites for hydroxylation is 1. The number of carbonyl (C=O) groups is 2. The minimum Gasteiger partial charge on any atom is -0.346 e. The number of amides is 2. The second-order valence-electron chi connectivity index (χ2n) is 5.61. The van der Waals surface area contributed by atoms with E-state index in [4.69, 9.17) is 0 Å². The van der Waals surface area contributed by atoms with Crippen LogP contribution >= 0.6 is 11.3 Å². The third-order valence-electron chi connectivity index (χ3n) is 3.55. The van der Waals surface area contributed by atoms with Crippen molar-refractivity contribution in [2.24, 2.45) is 0 Å². The smallest absolute Gasteiger partial charge is 0.271 e. The van der Waals surface area contributed by atoms with E-state index < -0.39 is 11.7 Å². The Bertz CT molecular complexity index is 958. The maximum atomic E-state index is 13.1. The molecule has 2 N–H and O–H groups in total. The van der Waals surface area contributed by atoms with Crippen LogP contribution in [0.3, 0.4) is 0 Å². The zero-order valence-corrected chi connectivity index (χ0v) is 15.2. The lowest BCUT2D eigenvalue weighted by molar-refractivity contribution is 0.0937. The fourth-order valence-electron chi connectivity index (χ4n) is 2.21. The van der Waals surface area contributed by atoms with Gasteiger partial charge in [-0.2, -0.15) is 0 Å². The van der Waals surface area contributed by atoms with Crippen molar-refractivity contribution in [3.63, 3.8) is 0 Å². The summed E-state index contributed by atoms with van der Waals surface area (Å²) >= 11 is 1.51. The number of benzene rings is 1. The molecular formula is C18H16FN5O2S. The molecule has 27 heavy (non-hydrogen) atoms. The van der Waals surface area contributed by atoms with Crippen molar-refractivity contribution >= 4 is 23.2 Å². The number of rotatable bonds is 6. The molecule has 0 aliphatic rings. The lowest BCUT2D eigenvalue weighted by atomic mass is 10.2. The number of nitrogens with one attached hydrogen (secondary N) is 2. The Morgan fingerprint density at radius 2 is 1.85 bits per heavy atom. The number of hydrogen-bond donors (Lipinski definition) is 2. The van der Waals surface area contributed by atoms with Gasteiger partial charge in [-0.3, -0.25) is 14.6 Å². The summed E-state index contributed by atoms with van der Waals surface area (Å²) in [5.74, 6) is -1.24. The van der Waals surface area contributed by atoms with Gasteiger partial charge in [0.2, 0.25) is 0 Å². The van der Waals surface area contributed by atoms with Crippen molar-refractivity contribution in [2.75, 3.05) is 0 Å². The SMILES string of the molecule is Cc1ncc(CNC(=O)c2cnc(CNC(=O)c3cccc(F)c3)cn2)s1. The normalized spacial score (nSPS) is 10.4. The molecule has 1 aromatic carbocycles. The molecule has 2 heterocycles. The standard InChI is InChI=1S/C18H16FN5O2S/c1-11-20-8-15(27-11)9-24-18(26)16-10-21-14(6-22-16)7-23-17(25)12-3-2-4-13(19)5-12/h2-6,8,10H,7,9H2,1H3,(H,23,25)(H,24,26). The molecule has 3 aromatic rings. The lowest BCUT2D eigenvalue weighted by Gasteiger charge is -2.06. The summed E-state index contributed by atoms with van der Waals surface area (Å²) in [7, 11) is 0. The predicted molar refractivity (Wildman–Crippen MR) is 97.6 cm³/mol. The van der Waals surface area contributed by atoms with Crippen molar-refractivity contribution in [3.8, 4) is 0 Å². The van der Waals surface area contributed by atoms with Crippen LogP contribution in [-0.2, 0) is 13.1 Å². The molecule has 2 aromatic heterocycles. The van der Waals surface area contributed by atoms with Crippen LogP contribution in [-0.4, -0.2) is 26.8 Å². The molecule has 0 unspecified atom stereocenters. The maximum Gasteiger partial charge on any atom is 0.271 e. The van der Waals surface area contributed by atoms with E-state index in [0.29, 0.717) is 12.2 Å². The molecule has 2 amide bonds. The van der Waals surface area contributed by atoms with Crippen molar-refractivity contribution in [3.05, 3.63) is 75.5 Å². The minimum absolute atomic E-state index is 0.115. The Morgan fingerprint density at radius 1 is 1.04 bits per heavy atom. The largest absolute Gasteiger partial charge is 0.346 e. The highest BCUT2D eigenvalue weighted by molar-refractivity contribution is 7.11. The van der Waals surface area contributed by atoms with Gasteiger partial charge in [0, 0.05) is 16.6 Å². The van der Waals surface area contributed by atoms with Crippen LogP contribution in [0.2, 0.25) is 0 Å². The first-order chi connectivity index (χ1) is 13.0. The zero-order valence-electron chi connectivity index (χ0n) is 14.4. The summed E-state index contributed by atoms with van der Waals surface area (Å²) < 4.78 is 13.1. The van der Waals surface area contributed by atoms with E-state index in [1.54, 1.807) is 6.20 Å². The molecule has 7 nitrogen and oxygen atoms in total. The van der Waals surface area contributed by atoms with E-state index in [9.17, 15) is 14.0 Å². The predicted octanol–water partition coefficient (Wildman–Crippen LogP) is 2.24. The van der Waals surface area contributed by atoms with Crippen molar-refractivity contribution < 1.29 is 14.0 Å². The van der Waals surface area contributed by atoms with Gasteiger partial charge in [0.05, 0.1) is 36.2 Å². The third kappa shape index (κ3) is 5.14. The first kappa shape index (κ1) is 18.6. The molecule has 0 spiro atoms. The number of hydrogen-bond acceptors (Lipinski definition) is 6. The second kappa shape index (κ2) is 8.45. The van der Waals surface area contributed by atoms with Crippen LogP contribution < -0.4 is 10.6 Å². The van der Waals surface area contributed by atoms with Crippen LogP contribution in [0.4, 0.5) is 4.39 Å². The van der Waals surface area contributed by atoms with Crippen molar-refractivity contribution in [1.29, 1.82) is 0 Å². The maximum absolute atomic E-state index is 13.1. The first-order valence-electron chi connectivity index (χ1n) is 8.05. The molecule has 138 valence electrons. The van der Waals surface area contributed by atoms with Crippen LogP contribution in [0.15, 0.2) is 42.9 Å². The van der Waals surface area contributed by atoms with Gasteiger partial charge in [-0.05, 0) is 25.1 Å². The molecule has 0 aliphatic carbocycles. The van der Waals surface area contributed by atoms with Crippen LogP contribution in [0.5, 0.6) is 0 Å². The van der Waals surface area contributed by atoms with E-state index in [1.807, 2.05) is 6.92 Å². The Hall–Kier alpha value is -3.20. The summed E-state index contributed by atoms with van der Waals surface area (Å²) in [5, 5.41) is 6.31. The van der Waals surface area contributed by atoms with Crippen LogP contribution in [0.1, 0.15) is 36.4 Å². The Balaban J connectivity index is 1.52. The molecular weight excluding hydrogens is 369 g/mol. The van der Waals surface area contributed by atoms with Gasteiger partial charge in [-0.1, -0.05) is 6.07 Å². The summed E-state index contributed by atoms with van der Waals surface area (Å²) in [6.07, 6.45) is 4.48. The number of thiazole rings is 1. The van der Waals surface area contributed by atoms with Crippen molar-refractivity contribution in [1.82, 2.24) is 25.6 Å². The molecule has 0 fully saturated rings. The highest BCUT2D eigenvalue weighted by atomic mass is 32.1. The summed E-state index contributed by atoms with van der Waals surface area (Å²) in [4.78, 5) is 37.3. The van der Waals surface area contributed by atoms with E-state index in [2.05, 4.69) is 25.6 Å². The zero-order chi connectivity index (χ0) is 19.2. The Morgan fingerprint density at radius 3 is 2.52 bits per heavy atom. The monoisotopic (exact) mass is 385 g/mol. The Labute approximate surface area is 158 Å². The van der Waals surface area contributed by atoms with Gasteiger partial charge in [-0.15, -0.1) is 11.3 Å². The van der Waals surface area contributed by atoms with Crippen LogP contribution in [0, 0.1) is 12.7 Å². The summed E-state index contributed by atoms with van der Waals surface area (Å²) in [5.41, 5.74) is 0.878.